The molecule has 0 bridgehead atoms. The molecule has 2 heteroatoms. The second-order valence-electron chi connectivity index (χ2n) is 6.44. The van der Waals surface area contributed by atoms with E-state index in [2.05, 4.69) is 69.3 Å². The molecule has 0 fully saturated rings. The van der Waals surface area contributed by atoms with Crippen molar-refractivity contribution in [2.75, 3.05) is 27.2 Å². The molecule has 0 radical (unpaired) electrons. The fraction of sp³-hybridized carbons (Fsp3) is 0.667. The predicted octanol–water partition coefficient (Wildman–Crippen LogP) is 3.88. The quantitative estimate of drug-likeness (QED) is 0.736. The number of hydrogen-bond acceptors (Lipinski definition) is 2. The summed E-state index contributed by atoms with van der Waals surface area (Å²) in [6.07, 6.45) is 3.52. The fourth-order valence-electron chi connectivity index (χ4n) is 2.50. The van der Waals surface area contributed by atoms with Crippen molar-refractivity contribution in [1.29, 1.82) is 0 Å². The average Bonchev–Trinajstić information content (AvgIpc) is 2.38. The molecule has 0 aliphatic heterocycles. The van der Waals surface area contributed by atoms with Crippen LogP contribution >= 0.6 is 0 Å². The topological polar surface area (TPSA) is 15.3 Å². The van der Waals surface area contributed by atoms with E-state index in [1.165, 1.54) is 24.0 Å². The number of benzene rings is 1. The molecule has 2 nitrogen and oxygen atoms in total. The third-order valence-corrected chi connectivity index (χ3v) is 3.50. The maximum atomic E-state index is 3.69. The molecule has 0 heterocycles. The highest BCUT2D eigenvalue weighted by atomic mass is 15.1. The molecule has 0 amide bonds. The van der Waals surface area contributed by atoms with E-state index < -0.39 is 0 Å². The Labute approximate surface area is 125 Å². The third kappa shape index (κ3) is 6.53. The van der Waals surface area contributed by atoms with E-state index in [1.54, 1.807) is 0 Å². The summed E-state index contributed by atoms with van der Waals surface area (Å²) in [6, 6.07) is 9.61. The van der Waals surface area contributed by atoms with E-state index >= 15 is 0 Å². The molecule has 20 heavy (non-hydrogen) atoms. The summed E-state index contributed by atoms with van der Waals surface area (Å²) in [7, 11) is 4.29. The Bertz CT molecular complexity index is 371. The van der Waals surface area contributed by atoms with Crippen LogP contribution < -0.4 is 5.32 Å². The normalized spacial score (nSPS) is 13.2. The van der Waals surface area contributed by atoms with Crippen LogP contribution in [0.1, 0.15) is 50.8 Å². The SMILES string of the molecule is CCCNC(CCN(C)C)c1cccc(CC(C)C)c1. The van der Waals surface area contributed by atoms with Crippen molar-refractivity contribution in [2.24, 2.45) is 5.92 Å². The van der Waals surface area contributed by atoms with Gasteiger partial charge in [-0.2, -0.15) is 0 Å². The lowest BCUT2D eigenvalue weighted by Crippen LogP contribution is -2.26. The minimum atomic E-state index is 0.476. The van der Waals surface area contributed by atoms with Crippen molar-refractivity contribution in [3.8, 4) is 0 Å². The van der Waals surface area contributed by atoms with Crippen molar-refractivity contribution >= 4 is 0 Å². The molecular formula is C18H32N2. The largest absolute Gasteiger partial charge is 0.310 e. The van der Waals surface area contributed by atoms with Gasteiger partial charge in [-0.25, -0.2) is 0 Å². The summed E-state index contributed by atoms with van der Waals surface area (Å²) < 4.78 is 0. The zero-order chi connectivity index (χ0) is 15.0. The van der Waals surface area contributed by atoms with Crippen molar-refractivity contribution in [3.63, 3.8) is 0 Å². The summed E-state index contributed by atoms with van der Waals surface area (Å²) in [6.45, 7) is 9.00. The maximum absolute atomic E-state index is 3.69. The maximum Gasteiger partial charge on any atom is 0.0332 e. The number of nitrogens with zero attached hydrogens (tertiary/aromatic N) is 1. The first-order valence-electron chi connectivity index (χ1n) is 7.99. The summed E-state index contributed by atoms with van der Waals surface area (Å²) in [5, 5.41) is 3.69. The molecule has 0 aliphatic rings. The highest BCUT2D eigenvalue weighted by Gasteiger charge is 2.11. The van der Waals surface area contributed by atoms with E-state index in [-0.39, 0.29) is 0 Å². The molecule has 0 spiro atoms. The Hall–Kier alpha value is -0.860. The van der Waals surface area contributed by atoms with Gasteiger partial charge in [0.1, 0.15) is 0 Å². The van der Waals surface area contributed by atoms with E-state index in [1.807, 2.05) is 0 Å². The van der Waals surface area contributed by atoms with Crippen molar-refractivity contribution in [1.82, 2.24) is 10.2 Å². The second-order valence-corrected chi connectivity index (χ2v) is 6.44. The van der Waals surface area contributed by atoms with Crippen LogP contribution in [0.4, 0.5) is 0 Å². The van der Waals surface area contributed by atoms with E-state index in [9.17, 15) is 0 Å². The lowest BCUT2D eigenvalue weighted by molar-refractivity contribution is 0.361. The van der Waals surface area contributed by atoms with Crippen molar-refractivity contribution in [3.05, 3.63) is 35.4 Å². The molecular weight excluding hydrogens is 244 g/mol. The second kappa shape index (κ2) is 9.15. The Morgan fingerprint density at radius 2 is 1.95 bits per heavy atom. The molecule has 1 rings (SSSR count). The molecule has 1 unspecified atom stereocenters. The Kier molecular flexibility index (Phi) is 7.86. The van der Waals surface area contributed by atoms with Crippen LogP contribution in [0.2, 0.25) is 0 Å². The summed E-state index contributed by atoms with van der Waals surface area (Å²) in [5.74, 6) is 0.717. The molecule has 1 N–H and O–H groups in total. The van der Waals surface area contributed by atoms with Crippen LogP contribution in [0.5, 0.6) is 0 Å². The van der Waals surface area contributed by atoms with Crippen LogP contribution in [0.25, 0.3) is 0 Å². The van der Waals surface area contributed by atoms with Gasteiger partial charge in [0.15, 0.2) is 0 Å². The van der Waals surface area contributed by atoms with Gasteiger partial charge >= 0.3 is 0 Å². The van der Waals surface area contributed by atoms with Crippen LogP contribution in [0.15, 0.2) is 24.3 Å². The van der Waals surface area contributed by atoms with Crippen molar-refractivity contribution < 1.29 is 0 Å². The highest BCUT2D eigenvalue weighted by Crippen LogP contribution is 2.20. The van der Waals surface area contributed by atoms with Gasteiger partial charge in [0.2, 0.25) is 0 Å². The van der Waals surface area contributed by atoms with E-state index in [0.29, 0.717) is 12.0 Å². The van der Waals surface area contributed by atoms with Gasteiger partial charge in [-0.3, -0.25) is 0 Å². The van der Waals surface area contributed by atoms with E-state index in [0.717, 1.165) is 19.5 Å². The number of rotatable bonds is 9. The Morgan fingerprint density at radius 3 is 2.55 bits per heavy atom. The summed E-state index contributed by atoms with van der Waals surface area (Å²) >= 11 is 0. The molecule has 1 aromatic carbocycles. The lowest BCUT2D eigenvalue weighted by atomic mass is 9.96. The average molecular weight is 276 g/mol. The Balaban J connectivity index is 2.77. The fourth-order valence-corrected chi connectivity index (χ4v) is 2.50. The molecule has 0 saturated heterocycles. The smallest absolute Gasteiger partial charge is 0.0332 e. The highest BCUT2D eigenvalue weighted by molar-refractivity contribution is 5.26. The van der Waals surface area contributed by atoms with Crippen molar-refractivity contribution in [2.45, 2.75) is 46.1 Å². The van der Waals surface area contributed by atoms with Crippen LogP contribution in [-0.4, -0.2) is 32.1 Å². The standard InChI is InChI=1S/C18H32N2/c1-6-11-19-18(10-12-20(4)5)17-9-7-8-16(14-17)13-15(2)3/h7-9,14-15,18-19H,6,10-13H2,1-5H3. The zero-order valence-corrected chi connectivity index (χ0v) is 13.9. The lowest BCUT2D eigenvalue weighted by Gasteiger charge is -2.22. The zero-order valence-electron chi connectivity index (χ0n) is 13.9. The van der Waals surface area contributed by atoms with Gasteiger partial charge < -0.3 is 10.2 Å². The summed E-state index contributed by atoms with van der Waals surface area (Å²) in [5.41, 5.74) is 2.91. The Morgan fingerprint density at radius 1 is 1.20 bits per heavy atom. The third-order valence-electron chi connectivity index (χ3n) is 3.50. The first kappa shape index (κ1) is 17.2. The number of hydrogen-bond donors (Lipinski definition) is 1. The summed E-state index contributed by atoms with van der Waals surface area (Å²) in [4.78, 5) is 2.26. The van der Waals surface area contributed by atoms with Gasteiger partial charge in [0, 0.05) is 6.04 Å². The van der Waals surface area contributed by atoms with E-state index in [4.69, 9.17) is 0 Å². The van der Waals surface area contributed by atoms with Gasteiger partial charge in [-0.1, -0.05) is 45.0 Å². The minimum Gasteiger partial charge on any atom is -0.310 e. The van der Waals surface area contributed by atoms with Gasteiger partial charge in [-0.05, 0) is 63.5 Å². The molecule has 1 aromatic rings. The predicted molar refractivity (Wildman–Crippen MR) is 89.2 cm³/mol. The molecule has 1 atom stereocenters. The minimum absolute atomic E-state index is 0.476. The first-order chi connectivity index (χ1) is 9.52. The van der Waals surface area contributed by atoms with Crippen LogP contribution in [0.3, 0.4) is 0 Å². The number of nitrogens with one attached hydrogen (secondary N) is 1. The van der Waals surface area contributed by atoms with Crippen LogP contribution in [0, 0.1) is 5.92 Å². The first-order valence-corrected chi connectivity index (χ1v) is 7.99. The molecule has 114 valence electrons. The molecule has 0 saturated carbocycles. The monoisotopic (exact) mass is 276 g/mol. The van der Waals surface area contributed by atoms with Gasteiger partial charge in [0.25, 0.3) is 0 Å². The molecule has 0 aliphatic carbocycles. The van der Waals surface area contributed by atoms with Gasteiger partial charge in [-0.15, -0.1) is 0 Å². The molecule has 0 aromatic heterocycles. The van der Waals surface area contributed by atoms with Crippen LogP contribution in [-0.2, 0) is 6.42 Å². The van der Waals surface area contributed by atoms with Gasteiger partial charge in [0.05, 0.1) is 0 Å².